The molecule has 3 nitrogen and oxygen atoms in total. The van der Waals surface area contributed by atoms with Gasteiger partial charge < -0.3 is 10.4 Å². The summed E-state index contributed by atoms with van der Waals surface area (Å²) in [7, 11) is 0. The van der Waals surface area contributed by atoms with Crippen molar-refractivity contribution in [1.29, 1.82) is 0 Å². The predicted octanol–water partition coefficient (Wildman–Crippen LogP) is 1.56. The number of hydrogen-bond acceptors (Lipinski definition) is 4. The van der Waals surface area contributed by atoms with Crippen LogP contribution in [0.4, 0.5) is 0 Å². The number of halogens is 1. The van der Waals surface area contributed by atoms with Crippen molar-refractivity contribution in [2.24, 2.45) is 0 Å². The van der Waals surface area contributed by atoms with Crippen molar-refractivity contribution < 1.29 is 5.11 Å². The highest BCUT2D eigenvalue weighted by atomic mass is 79.9. The van der Waals surface area contributed by atoms with Crippen molar-refractivity contribution >= 4 is 27.3 Å². The maximum absolute atomic E-state index is 10.2. The van der Waals surface area contributed by atoms with Crippen molar-refractivity contribution in [1.82, 2.24) is 10.3 Å². The molecule has 1 saturated heterocycles. The zero-order chi connectivity index (χ0) is 10.0. The van der Waals surface area contributed by atoms with Gasteiger partial charge in [-0.1, -0.05) is 0 Å². The molecule has 0 aromatic carbocycles. The third-order valence-corrected chi connectivity index (χ3v) is 3.98. The van der Waals surface area contributed by atoms with Crippen LogP contribution in [0.3, 0.4) is 0 Å². The quantitative estimate of drug-likeness (QED) is 0.862. The van der Waals surface area contributed by atoms with E-state index in [0.717, 1.165) is 35.5 Å². The monoisotopic (exact) mass is 276 g/mol. The van der Waals surface area contributed by atoms with Gasteiger partial charge in [-0.2, -0.15) is 0 Å². The summed E-state index contributed by atoms with van der Waals surface area (Å²) in [6.45, 7) is 1.81. The number of thiazole rings is 1. The fraction of sp³-hybridized carbons (Fsp3) is 0.667. The first kappa shape index (κ1) is 10.5. The molecular formula is C9H13BrN2OS. The third-order valence-electron chi connectivity index (χ3n) is 2.57. The molecule has 1 aliphatic heterocycles. The van der Waals surface area contributed by atoms with Crippen molar-refractivity contribution in [2.75, 3.05) is 13.1 Å². The van der Waals surface area contributed by atoms with Crippen molar-refractivity contribution in [3.8, 4) is 0 Å². The molecule has 0 saturated carbocycles. The molecular weight excluding hydrogens is 264 g/mol. The molecule has 0 amide bonds. The normalized spacial score (nSPS) is 21.0. The van der Waals surface area contributed by atoms with E-state index in [4.69, 9.17) is 0 Å². The predicted molar refractivity (Wildman–Crippen MR) is 60.6 cm³/mol. The largest absolute Gasteiger partial charge is 0.389 e. The van der Waals surface area contributed by atoms with Crippen LogP contribution in [-0.2, 0) is 6.42 Å². The van der Waals surface area contributed by atoms with Crippen molar-refractivity contribution in [2.45, 2.75) is 24.9 Å². The second kappa shape index (κ2) is 4.26. The van der Waals surface area contributed by atoms with Crippen LogP contribution in [0, 0.1) is 0 Å². The van der Waals surface area contributed by atoms with Gasteiger partial charge >= 0.3 is 0 Å². The minimum absolute atomic E-state index is 0.543. The molecule has 0 unspecified atom stereocenters. The molecule has 0 atom stereocenters. The maximum atomic E-state index is 10.2. The van der Waals surface area contributed by atoms with Gasteiger partial charge in [-0.15, -0.1) is 11.3 Å². The Morgan fingerprint density at radius 1 is 1.57 bits per heavy atom. The molecule has 1 aromatic rings. The number of piperidine rings is 1. The van der Waals surface area contributed by atoms with Gasteiger partial charge in [-0.3, -0.25) is 0 Å². The lowest BCUT2D eigenvalue weighted by Gasteiger charge is -2.31. The van der Waals surface area contributed by atoms with Gasteiger partial charge in [0.25, 0.3) is 0 Å². The van der Waals surface area contributed by atoms with Gasteiger partial charge in [-0.25, -0.2) is 4.98 Å². The maximum Gasteiger partial charge on any atom is 0.159 e. The Morgan fingerprint density at radius 3 is 2.86 bits per heavy atom. The van der Waals surface area contributed by atoms with Gasteiger partial charge in [0.1, 0.15) is 0 Å². The molecule has 2 N–H and O–H groups in total. The molecule has 0 radical (unpaired) electrons. The van der Waals surface area contributed by atoms with Crippen LogP contribution in [0.2, 0.25) is 0 Å². The standard InChI is InChI=1S/C9H13BrN2OS/c10-8-12-7(6-14-8)5-9(13)1-3-11-4-2-9/h6,11,13H,1-5H2. The fourth-order valence-electron chi connectivity index (χ4n) is 1.77. The zero-order valence-electron chi connectivity index (χ0n) is 7.79. The average Bonchev–Trinajstić information content (AvgIpc) is 2.51. The van der Waals surface area contributed by atoms with Gasteiger partial charge in [0.15, 0.2) is 3.92 Å². The first-order valence-corrected chi connectivity index (χ1v) is 6.38. The van der Waals surface area contributed by atoms with Crippen LogP contribution in [-0.4, -0.2) is 28.8 Å². The highest BCUT2D eigenvalue weighted by Gasteiger charge is 2.29. The number of nitrogens with zero attached hydrogens (tertiary/aromatic N) is 1. The minimum Gasteiger partial charge on any atom is -0.389 e. The van der Waals surface area contributed by atoms with E-state index in [1.165, 1.54) is 0 Å². The number of nitrogens with one attached hydrogen (secondary N) is 1. The molecule has 78 valence electrons. The van der Waals surface area contributed by atoms with E-state index in [9.17, 15) is 5.11 Å². The molecule has 1 fully saturated rings. The summed E-state index contributed by atoms with van der Waals surface area (Å²) in [5.41, 5.74) is 0.449. The number of rotatable bonds is 2. The van der Waals surface area contributed by atoms with Crippen LogP contribution in [0.5, 0.6) is 0 Å². The second-order valence-corrected chi connectivity index (χ2v) is 5.88. The number of aromatic nitrogens is 1. The van der Waals surface area contributed by atoms with E-state index in [-0.39, 0.29) is 0 Å². The Balaban J connectivity index is 2.01. The molecule has 0 bridgehead atoms. The molecule has 0 aliphatic carbocycles. The zero-order valence-corrected chi connectivity index (χ0v) is 10.2. The smallest absolute Gasteiger partial charge is 0.159 e. The summed E-state index contributed by atoms with van der Waals surface area (Å²) < 4.78 is 0.894. The minimum atomic E-state index is -0.543. The second-order valence-electron chi connectivity index (χ2n) is 3.74. The van der Waals surface area contributed by atoms with Crippen LogP contribution >= 0.6 is 27.3 Å². The van der Waals surface area contributed by atoms with Crippen LogP contribution < -0.4 is 5.32 Å². The Bertz CT molecular complexity index is 310. The molecule has 1 aromatic heterocycles. The summed E-state index contributed by atoms with van der Waals surface area (Å²) in [6, 6.07) is 0. The first-order valence-electron chi connectivity index (χ1n) is 4.71. The Kier molecular flexibility index (Phi) is 3.21. The van der Waals surface area contributed by atoms with E-state index in [1.807, 2.05) is 5.38 Å². The Hall–Kier alpha value is 0.0300. The lowest BCUT2D eigenvalue weighted by Crippen LogP contribution is -2.43. The third kappa shape index (κ3) is 2.53. The lowest BCUT2D eigenvalue weighted by molar-refractivity contribution is 0.0101. The summed E-state index contributed by atoms with van der Waals surface area (Å²) in [5, 5.41) is 15.5. The van der Waals surface area contributed by atoms with Crippen LogP contribution in [0.25, 0.3) is 0 Å². The summed E-state index contributed by atoms with van der Waals surface area (Å²) >= 11 is 4.90. The van der Waals surface area contributed by atoms with E-state index >= 15 is 0 Å². The highest BCUT2D eigenvalue weighted by molar-refractivity contribution is 9.11. The van der Waals surface area contributed by atoms with Gasteiger partial charge in [0, 0.05) is 11.8 Å². The summed E-state index contributed by atoms with van der Waals surface area (Å²) in [4.78, 5) is 4.30. The first-order chi connectivity index (χ1) is 6.68. The van der Waals surface area contributed by atoms with Gasteiger partial charge in [0.05, 0.1) is 11.3 Å². The molecule has 5 heteroatoms. The molecule has 0 spiro atoms. The molecule has 14 heavy (non-hydrogen) atoms. The molecule has 2 rings (SSSR count). The Labute approximate surface area is 95.7 Å². The number of aliphatic hydroxyl groups is 1. The lowest BCUT2D eigenvalue weighted by atomic mass is 9.88. The highest BCUT2D eigenvalue weighted by Crippen LogP contribution is 2.25. The van der Waals surface area contributed by atoms with Crippen molar-refractivity contribution in [3.05, 3.63) is 15.0 Å². The summed E-state index contributed by atoms with van der Waals surface area (Å²) in [6.07, 6.45) is 2.32. The topological polar surface area (TPSA) is 45.2 Å². The van der Waals surface area contributed by atoms with Gasteiger partial charge in [-0.05, 0) is 41.9 Å². The average molecular weight is 277 g/mol. The Morgan fingerprint density at radius 2 is 2.29 bits per heavy atom. The van der Waals surface area contributed by atoms with Gasteiger partial charge in [0.2, 0.25) is 0 Å². The van der Waals surface area contributed by atoms with E-state index in [1.54, 1.807) is 11.3 Å². The van der Waals surface area contributed by atoms with E-state index in [2.05, 4.69) is 26.2 Å². The fourth-order valence-corrected chi connectivity index (χ4v) is 2.82. The molecule has 2 heterocycles. The van der Waals surface area contributed by atoms with Crippen LogP contribution in [0.1, 0.15) is 18.5 Å². The van der Waals surface area contributed by atoms with E-state index in [0.29, 0.717) is 6.42 Å². The number of hydrogen-bond donors (Lipinski definition) is 2. The SMILES string of the molecule is OC1(Cc2csc(Br)n2)CCNCC1. The molecule has 1 aliphatic rings. The van der Waals surface area contributed by atoms with Crippen molar-refractivity contribution in [3.63, 3.8) is 0 Å². The summed E-state index contributed by atoms with van der Waals surface area (Å²) in [5.74, 6) is 0. The van der Waals surface area contributed by atoms with Crippen LogP contribution in [0.15, 0.2) is 9.30 Å². The van der Waals surface area contributed by atoms with E-state index < -0.39 is 5.60 Å².